The van der Waals surface area contributed by atoms with Gasteiger partial charge in [-0.1, -0.05) is 32.1 Å². The molecule has 1 aliphatic rings. The molecule has 1 fully saturated rings. The zero-order valence-corrected chi connectivity index (χ0v) is 14.2. The monoisotopic (exact) mass is 320 g/mol. The minimum atomic E-state index is -0.263. The second-order valence-corrected chi connectivity index (χ2v) is 6.52. The molecule has 0 radical (unpaired) electrons. The standard InChI is InChI=1S/C18H28N2O3/c1-13-10-16(14(2)23-13)18(22)20-12-17(21)19-11-15-8-6-4-3-5-7-9-15/h10,15H,3-9,11-12H2,1-2H3,(H,19,21)(H,20,22). The summed E-state index contributed by atoms with van der Waals surface area (Å²) in [5, 5.41) is 5.60. The molecule has 1 aromatic rings. The van der Waals surface area contributed by atoms with Crippen LogP contribution in [0.5, 0.6) is 0 Å². The quantitative estimate of drug-likeness (QED) is 0.875. The second kappa shape index (κ2) is 8.75. The maximum Gasteiger partial charge on any atom is 0.255 e. The molecule has 1 heterocycles. The fourth-order valence-corrected chi connectivity index (χ4v) is 3.18. The minimum Gasteiger partial charge on any atom is -0.466 e. The van der Waals surface area contributed by atoms with Crippen LogP contribution in [0.4, 0.5) is 0 Å². The topological polar surface area (TPSA) is 71.3 Å². The van der Waals surface area contributed by atoms with Crippen molar-refractivity contribution in [2.75, 3.05) is 13.1 Å². The van der Waals surface area contributed by atoms with Crippen LogP contribution < -0.4 is 10.6 Å². The zero-order chi connectivity index (χ0) is 16.7. The van der Waals surface area contributed by atoms with Crippen LogP contribution in [0.15, 0.2) is 10.5 Å². The molecule has 0 spiro atoms. The largest absolute Gasteiger partial charge is 0.466 e. The van der Waals surface area contributed by atoms with Gasteiger partial charge >= 0.3 is 0 Å². The van der Waals surface area contributed by atoms with Crippen LogP contribution in [-0.4, -0.2) is 24.9 Å². The summed E-state index contributed by atoms with van der Waals surface area (Å²) >= 11 is 0. The van der Waals surface area contributed by atoms with E-state index in [1.165, 1.54) is 44.9 Å². The van der Waals surface area contributed by atoms with Crippen LogP contribution in [0.25, 0.3) is 0 Å². The molecule has 0 bridgehead atoms. The van der Waals surface area contributed by atoms with Crippen LogP contribution in [0.1, 0.15) is 66.8 Å². The number of nitrogens with one attached hydrogen (secondary N) is 2. The van der Waals surface area contributed by atoms with Gasteiger partial charge in [0.25, 0.3) is 5.91 Å². The molecular weight excluding hydrogens is 292 g/mol. The molecule has 0 aromatic carbocycles. The van der Waals surface area contributed by atoms with Crippen molar-refractivity contribution in [3.8, 4) is 0 Å². The zero-order valence-electron chi connectivity index (χ0n) is 14.2. The first-order valence-electron chi connectivity index (χ1n) is 8.68. The first-order chi connectivity index (χ1) is 11.1. The number of carbonyl (C=O) groups is 2. The predicted molar refractivity (Wildman–Crippen MR) is 89.3 cm³/mol. The summed E-state index contributed by atoms with van der Waals surface area (Å²) in [4.78, 5) is 23.9. The third kappa shape index (κ3) is 5.73. The van der Waals surface area contributed by atoms with Gasteiger partial charge in [0.05, 0.1) is 12.1 Å². The Kier molecular flexibility index (Phi) is 6.68. The maximum atomic E-state index is 12.0. The Bertz CT molecular complexity index is 528. The van der Waals surface area contributed by atoms with Gasteiger partial charge in [0.2, 0.25) is 5.91 Å². The number of rotatable bonds is 5. The number of amides is 2. The van der Waals surface area contributed by atoms with Crippen LogP contribution in [0.3, 0.4) is 0 Å². The van der Waals surface area contributed by atoms with Crippen molar-refractivity contribution in [2.45, 2.75) is 58.8 Å². The Labute approximate surface area is 138 Å². The Hall–Kier alpha value is -1.78. The average Bonchev–Trinajstić information content (AvgIpc) is 2.82. The third-order valence-electron chi connectivity index (χ3n) is 4.51. The minimum absolute atomic E-state index is 0.00915. The maximum absolute atomic E-state index is 12.0. The van der Waals surface area contributed by atoms with Gasteiger partial charge in [-0.05, 0) is 38.7 Å². The normalized spacial score (nSPS) is 16.4. The van der Waals surface area contributed by atoms with E-state index in [9.17, 15) is 9.59 Å². The molecule has 23 heavy (non-hydrogen) atoms. The molecule has 0 unspecified atom stereocenters. The molecule has 1 saturated carbocycles. The SMILES string of the molecule is Cc1cc(C(=O)NCC(=O)NCC2CCCCCCC2)c(C)o1. The molecule has 5 nitrogen and oxygen atoms in total. The van der Waals surface area contributed by atoms with Gasteiger partial charge in [-0.15, -0.1) is 0 Å². The number of carbonyl (C=O) groups excluding carboxylic acids is 2. The molecule has 0 atom stereocenters. The number of furan rings is 1. The summed E-state index contributed by atoms with van der Waals surface area (Å²) < 4.78 is 5.33. The van der Waals surface area contributed by atoms with Crippen LogP contribution >= 0.6 is 0 Å². The van der Waals surface area contributed by atoms with Crippen molar-refractivity contribution in [2.24, 2.45) is 5.92 Å². The van der Waals surface area contributed by atoms with E-state index >= 15 is 0 Å². The molecular formula is C18H28N2O3. The van der Waals surface area contributed by atoms with Crippen molar-refractivity contribution in [1.82, 2.24) is 10.6 Å². The van der Waals surface area contributed by atoms with Gasteiger partial charge in [-0.2, -0.15) is 0 Å². The molecule has 1 aliphatic carbocycles. The van der Waals surface area contributed by atoms with E-state index in [-0.39, 0.29) is 18.4 Å². The van der Waals surface area contributed by atoms with Gasteiger partial charge in [0, 0.05) is 6.54 Å². The van der Waals surface area contributed by atoms with Gasteiger partial charge in [0.1, 0.15) is 11.5 Å². The van der Waals surface area contributed by atoms with E-state index in [0.29, 0.717) is 23.0 Å². The predicted octanol–water partition coefficient (Wildman–Crippen LogP) is 3.10. The van der Waals surface area contributed by atoms with E-state index in [0.717, 1.165) is 6.54 Å². The summed E-state index contributed by atoms with van der Waals surface area (Å²) in [6.45, 7) is 4.27. The van der Waals surface area contributed by atoms with E-state index in [1.54, 1.807) is 19.9 Å². The van der Waals surface area contributed by atoms with Gasteiger partial charge in [-0.25, -0.2) is 0 Å². The van der Waals surface area contributed by atoms with Crippen LogP contribution in [0, 0.1) is 19.8 Å². The molecule has 2 amide bonds. The Morgan fingerprint density at radius 1 is 1.09 bits per heavy atom. The Morgan fingerprint density at radius 2 is 1.74 bits per heavy atom. The lowest BCUT2D eigenvalue weighted by molar-refractivity contribution is -0.120. The first-order valence-corrected chi connectivity index (χ1v) is 8.68. The summed E-state index contributed by atoms with van der Waals surface area (Å²) in [5.74, 6) is 1.46. The number of aryl methyl sites for hydroxylation is 2. The van der Waals surface area contributed by atoms with Crippen LogP contribution in [0.2, 0.25) is 0 Å². The van der Waals surface area contributed by atoms with Crippen LogP contribution in [-0.2, 0) is 4.79 Å². The molecule has 0 saturated heterocycles. The highest BCUT2D eigenvalue weighted by Gasteiger charge is 2.15. The Morgan fingerprint density at radius 3 is 2.35 bits per heavy atom. The summed E-state index contributed by atoms with van der Waals surface area (Å²) in [6.07, 6.45) is 8.87. The molecule has 1 aromatic heterocycles. The summed E-state index contributed by atoms with van der Waals surface area (Å²) in [7, 11) is 0. The number of hydrogen-bond acceptors (Lipinski definition) is 3. The third-order valence-corrected chi connectivity index (χ3v) is 4.51. The lowest BCUT2D eigenvalue weighted by Crippen LogP contribution is -2.39. The van der Waals surface area contributed by atoms with E-state index in [1.807, 2.05) is 0 Å². The molecule has 5 heteroatoms. The lowest BCUT2D eigenvalue weighted by atomic mass is 9.91. The number of hydrogen-bond donors (Lipinski definition) is 2. The van der Waals surface area contributed by atoms with Crippen molar-refractivity contribution in [1.29, 1.82) is 0 Å². The van der Waals surface area contributed by atoms with Crippen molar-refractivity contribution in [3.63, 3.8) is 0 Å². The fraction of sp³-hybridized carbons (Fsp3) is 0.667. The van der Waals surface area contributed by atoms with E-state index < -0.39 is 0 Å². The highest BCUT2D eigenvalue weighted by molar-refractivity contribution is 5.97. The molecule has 0 aliphatic heterocycles. The van der Waals surface area contributed by atoms with Crippen molar-refractivity contribution in [3.05, 3.63) is 23.2 Å². The highest BCUT2D eigenvalue weighted by atomic mass is 16.3. The van der Waals surface area contributed by atoms with Gasteiger partial charge < -0.3 is 15.1 Å². The molecule has 128 valence electrons. The average molecular weight is 320 g/mol. The van der Waals surface area contributed by atoms with Gasteiger partial charge in [0.15, 0.2) is 0 Å². The second-order valence-electron chi connectivity index (χ2n) is 6.52. The molecule has 2 N–H and O–H groups in total. The lowest BCUT2D eigenvalue weighted by Gasteiger charge is -2.20. The summed E-state index contributed by atoms with van der Waals surface area (Å²) in [5.41, 5.74) is 0.496. The smallest absolute Gasteiger partial charge is 0.255 e. The molecule has 2 rings (SSSR count). The first kappa shape index (κ1) is 17.6. The summed E-state index contributed by atoms with van der Waals surface area (Å²) in [6, 6.07) is 1.69. The van der Waals surface area contributed by atoms with Crippen molar-refractivity contribution >= 4 is 11.8 Å². The van der Waals surface area contributed by atoms with E-state index in [4.69, 9.17) is 4.42 Å². The highest BCUT2D eigenvalue weighted by Crippen LogP contribution is 2.21. The van der Waals surface area contributed by atoms with Crippen molar-refractivity contribution < 1.29 is 14.0 Å². The van der Waals surface area contributed by atoms with E-state index in [2.05, 4.69) is 10.6 Å². The van der Waals surface area contributed by atoms with Gasteiger partial charge in [-0.3, -0.25) is 9.59 Å². The Balaban J connectivity index is 1.70. The fourth-order valence-electron chi connectivity index (χ4n) is 3.18.